The first kappa shape index (κ1) is 9.48. The van der Waals surface area contributed by atoms with Crippen LogP contribution in [0, 0.1) is 12.3 Å². The lowest BCUT2D eigenvalue weighted by atomic mass is 10.1. The van der Waals surface area contributed by atoms with Gasteiger partial charge in [-0.05, 0) is 13.8 Å². The second-order valence-corrected chi connectivity index (χ2v) is 2.50. The summed E-state index contributed by atoms with van der Waals surface area (Å²) in [5.74, 6) is 2.52. The molecule has 0 atom stereocenters. The van der Waals surface area contributed by atoms with E-state index >= 15 is 0 Å². The van der Waals surface area contributed by atoms with Crippen molar-refractivity contribution in [2.24, 2.45) is 0 Å². The fourth-order valence-corrected chi connectivity index (χ4v) is 0.422. The van der Waals surface area contributed by atoms with Crippen LogP contribution in [0.1, 0.15) is 13.8 Å². The molecule has 0 amide bonds. The van der Waals surface area contributed by atoms with Crippen molar-refractivity contribution in [1.82, 2.24) is 0 Å². The largest absolute Gasteiger partial charge is 0.382 e. The summed E-state index contributed by atoms with van der Waals surface area (Å²) in [6.07, 6.45) is 5.17. The van der Waals surface area contributed by atoms with Crippen molar-refractivity contribution in [1.29, 1.82) is 0 Å². The molecule has 0 unspecified atom stereocenters. The van der Waals surface area contributed by atoms with Gasteiger partial charge in [-0.2, -0.15) is 0 Å². The molecular weight excluding hydrogens is 128 g/mol. The van der Waals surface area contributed by atoms with Gasteiger partial charge in [0.1, 0.15) is 5.60 Å². The van der Waals surface area contributed by atoms with E-state index in [1.807, 2.05) is 13.8 Å². The molecule has 0 aromatic rings. The maximum absolute atomic E-state index is 5.26. The lowest BCUT2D eigenvalue weighted by Crippen LogP contribution is -2.23. The van der Waals surface area contributed by atoms with Gasteiger partial charge in [0, 0.05) is 7.11 Å². The summed E-state index contributed by atoms with van der Waals surface area (Å²) in [4.78, 5) is 0. The van der Waals surface area contributed by atoms with E-state index in [-0.39, 0.29) is 0 Å². The first-order chi connectivity index (χ1) is 4.62. The molecule has 0 heterocycles. The van der Waals surface area contributed by atoms with E-state index in [0.717, 1.165) is 0 Å². The highest BCUT2D eigenvalue weighted by Gasteiger charge is 2.12. The van der Waals surface area contributed by atoms with E-state index in [0.29, 0.717) is 13.2 Å². The highest BCUT2D eigenvalue weighted by molar-refractivity contribution is 5.02. The number of methoxy groups -OCH3 is 1. The molecule has 0 saturated carbocycles. The van der Waals surface area contributed by atoms with E-state index in [4.69, 9.17) is 15.9 Å². The summed E-state index contributed by atoms with van der Waals surface area (Å²) in [5, 5.41) is 0. The van der Waals surface area contributed by atoms with Crippen molar-refractivity contribution in [3.8, 4) is 12.3 Å². The topological polar surface area (TPSA) is 18.5 Å². The van der Waals surface area contributed by atoms with E-state index in [9.17, 15) is 0 Å². The van der Waals surface area contributed by atoms with Crippen LogP contribution in [0.25, 0.3) is 0 Å². The number of hydrogen-bond acceptors (Lipinski definition) is 2. The first-order valence-electron chi connectivity index (χ1n) is 3.23. The summed E-state index contributed by atoms with van der Waals surface area (Å²) < 4.78 is 10.0. The minimum atomic E-state index is -0.460. The first-order valence-corrected chi connectivity index (χ1v) is 3.23. The third-order valence-corrected chi connectivity index (χ3v) is 1.10. The minimum Gasteiger partial charge on any atom is -0.382 e. The van der Waals surface area contributed by atoms with Crippen LogP contribution in [0.4, 0.5) is 0 Å². The molecule has 0 aliphatic carbocycles. The average Bonchev–Trinajstić information content (AvgIpc) is 1.89. The zero-order chi connectivity index (χ0) is 8.04. The molecule has 0 spiro atoms. The zero-order valence-electron chi connectivity index (χ0n) is 6.81. The molecule has 0 aromatic heterocycles. The lowest BCUT2D eigenvalue weighted by Gasteiger charge is -2.17. The smallest absolute Gasteiger partial charge is 0.122 e. The molecule has 0 bridgehead atoms. The monoisotopic (exact) mass is 142 g/mol. The summed E-state index contributed by atoms with van der Waals surface area (Å²) in [5.41, 5.74) is -0.460. The van der Waals surface area contributed by atoms with Crippen LogP contribution in [0.5, 0.6) is 0 Å². The standard InChI is InChI=1S/C8H14O2/c1-5-8(2,3)10-7-6-9-4/h1H,6-7H2,2-4H3. The molecule has 0 aliphatic heterocycles. The zero-order valence-corrected chi connectivity index (χ0v) is 6.81. The Morgan fingerprint density at radius 3 is 2.40 bits per heavy atom. The molecule has 0 N–H and O–H groups in total. The van der Waals surface area contributed by atoms with Gasteiger partial charge in [0.25, 0.3) is 0 Å². The number of ether oxygens (including phenoxy) is 2. The van der Waals surface area contributed by atoms with Gasteiger partial charge in [0.2, 0.25) is 0 Å². The third-order valence-electron chi connectivity index (χ3n) is 1.10. The highest BCUT2D eigenvalue weighted by Crippen LogP contribution is 2.05. The third kappa shape index (κ3) is 4.37. The van der Waals surface area contributed by atoms with Gasteiger partial charge >= 0.3 is 0 Å². The number of rotatable bonds is 4. The molecule has 0 saturated heterocycles. The predicted octanol–water partition coefficient (Wildman–Crippen LogP) is 1.06. The van der Waals surface area contributed by atoms with Gasteiger partial charge in [0.05, 0.1) is 13.2 Å². The average molecular weight is 142 g/mol. The molecule has 10 heavy (non-hydrogen) atoms. The molecule has 2 nitrogen and oxygen atoms in total. The van der Waals surface area contributed by atoms with Crippen molar-refractivity contribution < 1.29 is 9.47 Å². The van der Waals surface area contributed by atoms with Crippen LogP contribution in [-0.2, 0) is 9.47 Å². The quantitative estimate of drug-likeness (QED) is 0.431. The molecule has 0 aromatic carbocycles. The number of hydrogen-bond donors (Lipinski definition) is 0. The molecular formula is C8H14O2. The van der Waals surface area contributed by atoms with E-state index in [1.54, 1.807) is 7.11 Å². The highest BCUT2D eigenvalue weighted by atomic mass is 16.5. The summed E-state index contributed by atoms with van der Waals surface area (Å²) >= 11 is 0. The second-order valence-electron chi connectivity index (χ2n) is 2.50. The lowest BCUT2D eigenvalue weighted by molar-refractivity contribution is -0.00316. The Morgan fingerprint density at radius 2 is 2.00 bits per heavy atom. The maximum Gasteiger partial charge on any atom is 0.122 e. The number of terminal acetylenes is 1. The van der Waals surface area contributed by atoms with Crippen molar-refractivity contribution in [3.63, 3.8) is 0 Å². The molecule has 0 rings (SSSR count). The van der Waals surface area contributed by atoms with Crippen LogP contribution in [0.2, 0.25) is 0 Å². The summed E-state index contributed by atoms with van der Waals surface area (Å²) in [7, 11) is 1.63. The molecule has 2 heteroatoms. The van der Waals surface area contributed by atoms with Gasteiger partial charge in [0.15, 0.2) is 0 Å². The van der Waals surface area contributed by atoms with Crippen molar-refractivity contribution in [2.45, 2.75) is 19.4 Å². The Kier molecular flexibility index (Phi) is 4.10. The summed E-state index contributed by atoms with van der Waals surface area (Å²) in [6.45, 7) is 4.84. The predicted molar refractivity (Wildman–Crippen MR) is 40.7 cm³/mol. The van der Waals surface area contributed by atoms with Gasteiger partial charge in [-0.25, -0.2) is 0 Å². The molecule has 0 radical (unpaired) electrons. The van der Waals surface area contributed by atoms with Crippen LogP contribution in [-0.4, -0.2) is 25.9 Å². The molecule has 0 fully saturated rings. The molecule has 58 valence electrons. The van der Waals surface area contributed by atoms with Crippen LogP contribution in [0.15, 0.2) is 0 Å². The second kappa shape index (κ2) is 4.32. The Hall–Kier alpha value is -0.520. The Balaban J connectivity index is 3.40. The van der Waals surface area contributed by atoms with E-state index in [1.165, 1.54) is 0 Å². The van der Waals surface area contributed by atoms with Crippen LogP contribution < -0.4 is 0 Å². The fourth-order valence-electron chi connectivity index (χ4n) is 0.422. The normalized spacial score (nSPS) is 11.0. The Labute approximate surface area is 62.5 Å². The van der Waals surface area contributed by atoms with Crippen molar-refractivity contribution in [3.05, 3.63) is 0 Å². The minimum absolute atomic E-state index is 0.460. The summed E-state index contributed by atoms with van der Waals surface area (Å²) in [6, 6.07) is 0. The van der Waals surface area contributed by atoms with Crippen LogP contribution in [0.3, 0.4) is 0 Å². The van der Waals surface area contributed by atoms with Gasteiger partial charge in [-0.1, -0.05) is 5.92 Å². The van der Waals surface area contributed by atoms with E-state index < -0.39 is 5.60 Å². The maximum atomic E-state index is 5.26. The molecule has 0 aliphatic rings. The fraction of sp³-hybridized carbons (Fsp3) is 0.750. The van der Waals surface area contributed by atoms with Crippen molar-refractivity contribution >= 4 is 0 Å². The Morgan fingerprint density at radius 1 is 1.40 bits per heavy atom. The van der Waals surface area contributed by atoms with E-state index in [2.05, 4.69) is 5.92 Å². The van der Waals surface area contributed by atoms with Gasteiger partial charge in [-0.15, -0.1) is 6.42 Å². The Bertz CT molecular complexity index is 122. The SMILES string of the molecule is C#CC(C)(C)OCCOC. The van der Waals surface area contributed by atoms with Crippen molar-refractivity contribution in [2.75, 3.05) is 20.3 Å². The van der Waals surface area contributed by atoms with Gasteiger partial charge < -0.3 is 9.47 Å². The van der Waals surface area contributed by atoms with Crippen LogP contribution >= 0.6 is 0 Å². The van der Waals surface area contributed by atoms with Gasteiger partial charge in [-0.3, -0.25) is 0 Å².